The Morgan fingerprint density at radius 1 is 0.962 bits per heavy atom. The fourth-order valence-corrected chi connectivity index (χ4v) is 2.92. The topological polar surface area (TPSA) is 21.3 Å². The average molecular weight is 374 g/mol. The van der Waals surface area contributed by atoms with Gasteiger partial charge in [-0.15, -0.1) is 12.4 Å². The Balaban J connectivity index is 0.00000243. The van der Waals surface area contributed by atoms with Gasteiger partial charge in [-0.1, -0.05) is 61.9 Å². The quantitative estimate of drug-likeness (QED) is 0.498. The summed E-state index contributed by atoms with van der Waals surface area (Å²) >= 11 is 0. The third-order valence-corrected chi connectivity index (χ3v) is 4.35. The lowest BCUT2D eigenvalue weighted by molar-refractivity contribution is 0.296. The lowest BCUT2D eigenvalue weighted by Gasteiger charge is -2.15. The van der Waals surface area contributed by atoms with Crippen LogP contribution in [0.5, 0.6) is 5.75 Å². The molecule has 3 rings (SSSR count). The van der Waals surface area contributed by atoms with E-state index < -0.39 is 0 Å². The molecular weight excluding hydrogens is 349 g/mol. The van der Waals surface area contributed by atoms with Crippen molar-refractivity contribution in [3.05, 3.63) is 77.6 Å². The number of rotatable bonds is 8. The molecule has 138 valence electrons. The van der Waals surface area contributed by atoms with Crippen LogP contribution >= 0.6 is 12.4 Å². The number of unbranched alkanes of at least 4 members (excludes halogenated alkanes) is 1. The summed E-state index contributed by atoms with van der Waals surface area (Å²) in [6, 6.07) is 19.1. The maximum Gasteiger partial charge on any atom is 0.129 e. The van der Waals surface area contributed by atoms with Gasteiger partial charge in [0.2, 0.25) is 0 Å². The van der Waals surface area contributed by atoms with Crippen molar-refractivity contribution < 1.29 is 9.13 Å². The first-order valence-corrected chi connectivity index (χ1v) is 8.87. The molecule has 0 aliphatic heterocycles. The molecule has 0 unspecified atom stereocenters. The Bertz CT molecular complexity index is 837. The average Bonchev–Trinajstić information content (AvgIpc) is 2.65. The number of hydrogen-bond donors (Lipinski definition) is 1. The third-order valence-electron chi connectivity index (χ3n) is 4.35. The zero-order chi connectivity index (χ0) is 17.5. The van der Waals surface area contributed by atoms with Gasteiger partial charge in [0.25, 0.3) is 0 Å². The minimum atomic E-state index is -0.231. The van der Waals surface area contributed by atoms with E-state index in [1.165, 1.54) is 23.3 Å². The number of benzene rings is 3. The summed E-state index contributed by atoms with van der Waals surface area (Å²) in [7, 11) is 0. The van der Waals surface area contributed by atoms with Crippen molar-refractivity contribution >= 4 is 23.2 Å². The zero-order valence-electron chi connectivity index (χ0n) is 15.0. The highest BCUT2D eigenvalue weighted by atomic mass is 35.5. The SMILES string of the molecule is CCCCNCc1c(OCc2ccccc2F)ccc2ccccc12.Cl. The van der Waals surface area contributed by atoms with Crippen molar-refractivity contribution in [2.45, 2.75) is 32.9 Å². The number of nitrogens with one attached hydrogen (secondary N) is 1. The van der Waals surface area contributed by atoms with Gasteiger partial charge in [-0.3, -0.25) is 0 Å². The van der Waals surface area contributed by atoms with Crippen LogP contribution in [0.4, 0.5) is 4.39 Å². The van der Waals surface area contributed by atoms with Crippen molar-refractivity contribution in [2.24, 2.45) is 0 Å². The number of fused-ring (bicyclic) bond motifs is 1. The van der Waals surface area contributed by atoms with E-state index in [4.69, 9.17) is 4.74 Å². The molecule has 0 amide bonds. The van der Waals surface area contributed by atoms with Crippen molar-refractivity contribution in [3.63, 3.8) is 0 Å². The molecule has 0 atom stereocenters. The largest absolute Gasteiger partial charge is 0.488 e. The van der Waals surface area contributed by atoms with E-state index in [1.54, 1.807) is 12.1 Å². The molecule has 1 N–H and O–H groups in total. The van der Waals surface area contributed by atoms with Crippen LogP contribution in [-0.2, 0) is 13.2 Å². The normalized spacial score (nSPS) is 10.5. The second kappa shape index (κ2) is 10.1. The van der Waals surface area contributed by atoms with Gasteiger partial charge in [0, 0.05) is 17.7 Å². The van der Waals surface area contributed by atoms with Crippen LogP contribution in [0, 0.1) is 5.82 Å². The summed E-state index contributed by atoms with van der Waals surface area (Å²) < 4.78 is 19.8. The van der Waals surface area contributed by atoms with Gasteiger partial charge >= 0.3 is 0 Å². The van der Waals surface area contributed by atoms with E-state index in [9.17, 15) is 4.39 Å². The van der Waals surface area contributed by atoms with E-state index in [2.05, 4.69) is 30.4 Å². The van der Waals surface area contributed by atoms with E-state index in [0.29, 0.717) is 5.56 Å². The fraction of sp³-hybridized carbons (Fsp3) is 0.273. The van der Waals surface area contributed by atoms with Gasteiger partial charge in [0.05, 0.1) is 0 Å². The monoisotopic (exact) mass is 373 g/mol. The second-order valence-electron chi connectivity index (χ2n) is 6.17. The molecule has 0 aromatic heterocycles. The molecule has 0 aliphatic carbocycles. The lowest BCUT2D eigenvalue weighted by Crippen LogP contribution is -2.15. The standard InChI is InChI=1S/C22H24FNO.ClH/c1-2-3-14-24-15-20-19-10-6-4-8-17(19)12-13-22(20)25-16-18-9-5-7-11-21(18)23;/h4-13,24H,2-3,14-16H2,1H3;1H. The number of hydrogen-bond acceptors (Lipinski definition) is 2. The van der Waals surface area contributed by atoms with Crippen LogP contribution in [0.2, 0.25) is 0 Å². The third kappa shape index (κ3) is 4.96. The van der Waals surface area contributed by atoms with Crippen molar-refractivity contribution in [1.29, 1.82) is 0 Å². The Morgan fingerprint density at radius 2 is 1.73 bits per heavy atom. The first kappa shape index (κ1) is 20.2. The molecule has 0 spiro atoms. The molecule has 2 nitrogen and oxygen atoms in total. The molecule has 0 saturated carbocycles. The summed E-state index contributed by atoms with van der Waals surface area (Å²) in [5, 5.41) is 5.86. The Hall–Kier alpha value is -2.10. The highest BCUT2D eigenvalue weighted by Gasteiger charge is 2.10. The number of ether oxygens (including phenoxy) is 1. The molecule has 0 aliphatic rings. The summed E-state index contributed by atoms with van der Waals surface area (Å²) in [6.07, 6.45) is 2.31. The Morgan fingerprint density at radius 3 is 2.54 bits per heavy atom. The molecule has 3 aromatic carbocycles. The maximum absolute atomic E-state index is 13.8. The highest BCUT2D eigenvalue weighted by Crippen LogP contribution is 2.29. The van der Waals surface area contributed by atoms with Crippen molar-refractivity contribution in [2.75, 3.05) is 6.54 Å². The lowest BCUT2D eigenvalue weighted by atomic mass is 10.0. The molecule has 0 radical (unpaired) electrons. The zero-order valence-corrected chi connectivity index (χ0v) is 15.8. The minimum absolute atomic E-state index is 0. The van der Waals surface area contributed by atoms with E-state index in [0.717, 1.165) is 30.8 Å². The van der Waals surface area contributed by atoms with E-state index in [-0.39, 0.29) is 24.8 Å². The van der Waals surface area contributed by atoms with Gasteiger partial charge < -0.3 is 10.1 Å². The van der Waals surface area contributed by atoms with Gasteiger partial charge in [-0.2, -0.15) is 0 Å². The summed E-state index contributed by atoms with van der Waals surface area (Å²) in [5.74, 6) is 0.580. The first-order valence-electron chi connectivity index (χ1n) is 8.87. The van der Waals surface area contributed by atoms with Gasteiger partial charge in [0.1, 0.15) is 18.2 Å². The van der Waals surface area contributed by atoms with Crippen LogP contribution in [0.1, 0.15) is 30.9 Å². The maximum atomic E-state index is 13.8. The molecule has 26 heavy (non-hydrogen) atoms. The summed E-state index contributed by atoms with van der Waals surface area (Å²) in [4.78, 5) is 0. The smallest absolute Gasteiger partial charge is 0.129 e. The molecule has 4 heteroatoms. The van der Waals surface area contributed by atoms with Gasteiger partial charge in [-0.25, -0.2) is 4.39 Å². The van der Waals surface area contributed by atoms with Crippen LogP contribution in [0.15, 0.2) is 60.7 Å². The molecular formula is C22H25ClFNO. The predicted molar refractivity (Wildman–Crippen MR) is 109 cm³/mol. The molecule has 3 aromatic rings. The summed E-state index contributed by atoms with van der Waals surface area (Å²) in [5.41, 5.74) is 1.70. The van der Waals surface area contributed by atoms with Crippen LogP contribution < -0.4 is 10.1 Å². The molecule has 0 heterocycles. The minimum Gasteiger partial charge on any atom is -0.488 e. The molecule has 0 saturated heterocycles. The second-order valence-corrected chi connectivity index (χ2v) is 6.17. The highest BCUT2D eigenvalue weighted by molar-refractivity contribution is 5.87. The Labute approximate surface area is 160 Å². The van der Waals surface area contributed by atoms with E-state index >= 15 is 0 Å². The molecule has 0 fully saturated rings. The van der Waals surface area contributed by atoms with Crippen LogP contribution in [0.25, 0.3) is 10.8 Å². The van der Waals surface area contributed by atoms with Crippen LogP contribution in [0.3, 0.4) is 0 Å². The summed E-state index contributed by atoms with van der Waals surface area (Å²) in [6.45, 7) is 4.13. The number of halogens is 2. The fourth-order valence-electron chi connectivity index (χ4n) is 2.92. The molecule has 0 bridgehead atoms. The first-order chi connectivity index (χ1) is 12.3. The van der Waals surface area contributed by atoms with Gasteiger partial charge in [0.15, 0.2) is 0 Å². The Kier molecular flexibility index (Phi) is 7.89. The van der Waals surface area contributed by atoms with E-state index in [1.807, 2.05) is 24.3 Å². The van der Waals surface area contributed by atoms with Crippen LogP contribution in [-0.4, -0.2) is 6.54 Å². The van der Waals surface area contributed by atoms with Gasteiger partial charge in [-0.05, 0) is 35.9 Å². The predicted octanol–water partition coefficient (Wildman–Crippen LogP) is 5.87. The van der Waals surface area contributed by atoms with Crippen molar-refractivity contribution in [3.8, 4) is 5.75 Å². The van der Waals surface area contributed by atoms with Crippen molar-refractivity contribution in [1.82, 2.24) is 5.32 Å².